The predicted octanol–water partition coefficient (Wildman–Crippen LogP) is 3.41. The minimum Gasteiger partial charge on any atom is -0.368 e. The molecule has 1 saturated heterocycles. The van der Waals surface area contributed by atoms with E-state index in [0.29, 0.717) is 0 Å². The van der Waals surface area contributed by atoms with Crippen LogP contribution in [-0.4, -0.2) is 59.9 Å². The standard InChI is InChI=1S/C20H29ClN6.HI/c1-3-22-20(23-9-5-6-17-15-24-25(2)16-17)27-12-10-26(11-13-27)19-8-4-7-18(21)14-19;/h4,7-8,14-16H,3,5-6,9-13H2,1-2H3,(H,22,23);1H. The van der Waals surface area contributed by atoms with Crippen LogP contribution in [0.3, 0.4) is 0 Å². The number of hydrogen-bond donors (Lipinski definition) is 1. The molecule has 0 aliphatic carbocycles. The van der Waals surface area contributed by atoms with E-state index in [4.69, 9.17) is 16.6 Å². The Balaban J connectivity index is 0.00000280. The van der Waals surface area contributed by atoms with Gasteiger partial charge in [-0.1, -0.05) is 17.7 Å². The van der Waals surface area contributed by atoms with Crippen molar-refractivity contribution in [1.29, 1.82) is 0 Å². The Labute approximate surface area is 190 Å². The monoisotopic (exact) mass is 516 g/mol. The van der Waals surface area contributed by atoms with E-state index >= 15 is 0 Å². The van der Waals surface area contributed by atoms with E-state index in [2.05, 4.69) is 39.4 Å². The highest BCUT2D eigenvalue weighted by Gasteiger charge is 2.19. The van der Waals surface area contributed by atoms with Gasteiger partial charge in [-0.3, -0.25) is 9.67 Å². The van der Waals surface area contributed by atoms with Gasteiger partial charge in [0.25, 0.3) is 0 Å². The zero-order valence-electron chi connectivity index (χ0n) is 16.6. The lowest BCUT2D eigenvalue weighted by atomic mass is 10.2. The van der Waals surface area contributed by atoms with Gasteiger partial charge < -0.3 is 15.1 Å². The normalized spacial score (nSPS) is 14.8. The molecule has 1 fully saturated rings. The van der Waals surface area contributed by atoms with E-state index in [9.17, 15) is 0 Å². The molecule has 3 rings (SSSR count). The molecule has 1 aromatic heterocycles. The summed E-state index contributed by atoms with van der Waals surface area (Å²) in [5.41, 5.74) is 2.47. The van der Waals surface area contributed by atoms with Crippen molar-refractivity contribution in [2.45, 2.75) is 19.8 Å². The van der Waals surface area contributed by atoms with Crippen LogP contribution >= 0.6 is 35.6 Å². The first-order valence-electron chi connectivity index (χ1n) is 9.67. The summed E-state index contributed by atoms with van der Waals surface area (Å²) in [7, 11) is 1.95. The Hall–Kier alpha value is -1.48. The topological polar surface area (TPSA) is 48.7 Å². The van der Waals surface area contributed by atoms with Gasteiger partial charge in [-0.15, -0.1) is 24.0 Å². The van der Waals surface area contributed by atoms with Crippen molar-refractivity contribution >= 4 is 47.2 Å². The highest BCUT2D eigenvalue weighted by molar-refractivity contribution is 14.0. The van der Waals surface area contributed by atoms with Gasteiger partial charge in [0.1, 0.15) is 0 Å². The van der Waals surface area contributed by atoms with Crippen LogP contribution in [0.5, 0.6) is 0 Å². The number of nitrogens with one attached hydrogen (secondary N) is 1. The van der Waals surface area contributed by atoms with Crippen molar-refractivity contribution in [2.24, 2.45) is 12.0 Å². The van der Waals surface area contributed by atoms with Crippen molar-refractivity contribution < 1.29 is 0 Å². The average Bonchev–Trinajstić information content (AvgIpc) is 3.09. The Bertz CT molecular complexity index is 755. The highest BCUT2D eigenvalue weighted by atomic mass is 127. The van der Waals surface area contributed by atoms with Crippen molar-refractivity contribution in [2.75, 3.05) is 44.2 Å². The number of nitrogens with zero attached hydrogens (tertiary/aromatic N) is 5. The molecule has 6 nitrogen and oxygen atoms in total. The smallest absolute Gasteiger partial charge is 0.194 e. The molecule has 0 spiro atoms. The van der Waals surface area contributed by atoms with E-state index in [1.165, 1.54) is 11.3 Å². The zero-order chi connectivity index (χ0) is 19.1. The Morgan fingerprint density at radius 2 is 2.04 bits per heavy atom. The third kappa shape index (κ3) is 6.55. The summed E-state index contributed by atoms with van der Waals surface area (Å²) in [6, 6.07) is 8.09. The number of aliphatic imine (C=N–C) groups is 1. The van der Waals surface area contributed by atoms with Crippen LogP contribution in [0.2, 0.25) is 5.02 Å². The predicted molar refractivity (Wildman–Crippen MR) is 128 cm³/mol. The zero-order valence-corrected chi connectivity index (χ0v) is 19.7. The Morgan fingerprint density at radius 1 is 1.25 bits per heavy atom. The van der Waals surface area contributed by atoms with Gasteiger partial charge in [0, 0.05) is 63.2 Å². The quantitative estimate of drug-likeness (QED) is 0.277. The van der Waals surface area contributed by atoms with Crippen molar-refractivity contribution in [3.8, 4) is 0 Å². The first-order valence-corrected chi connectivity index (χ1v) is 10.0. The van der Waals surface area contributed by atoms with Crippen LogP contribution in [-0.2, 0) is 13.5 Å². The minimum atomic E-state index is 0. The van der Waals surface area contributed by atoms with E-state index in [1.54, 1.807) is 0 Å². The molecule has 1 aliphatic heterocycles. The number of aryl methyl sites for hydroxylation is 2. The fourth-order valence-electron chi connectivity index (χ4n) is 3.34. The van der Waals surface area contributed by atoms with Crippen molar-refractivity contribution in [3.63, 3.8) is 0 Å². The molecule has 0 saturated carbocycles. The number of hydrogen-bond acceptors (Lipinski definition) is 3. The summed E-state index contributed by atoms with van der Waals surface area (Å²) in [6.07, 6.45) is 6.05. The highest BCUT2D eigenvalue weighted by Crippen LogP contribution is 2.20. The summed E-state index contributed by atoms with van der Waals surface area (Å²) >= 11 is 6.13. The second-order valence-corrected chi connectivity index (χ2v) is 7.25. The largest absolute Gasteiger partial charge is 0.368 e. The third-order valence-electron chi connectivity index (χ3n) is 4.73. The lowest BCUT2D eigenvalue weighted by Gasteiger charge is -2.37. The van der Waals surface area contributed by atoms with E-state index in [0.717, 1.165) is 63.1 Å². The summed E-state index contributed by atoms with van der Waals surface area (Å²) in [6.45, 7) is 7.69. The van der Waals surface area contributed by atoms with Gasteiger partial charge in [-0.05, 0) is 43.5 Å². The molecule has 1 aliphatic rings. The molecule has 1 N–H and O–H groups in total. The minimum absolute atomic E-state index is 0. The van der Waals surface area contributed by atoms with Gasteiger partial charge in [0.05, 0.1) is 6.20 Å². The molecule has 8 heteroatoms. The molecular weight excluding hydrogens is 487 g/mol. The van der Waals surface area contributed by atoms with Crippen LogP contribution in [0, 0.1) is 0 Å². The Morgan fingerprint density at radius 3 is 2.68 bits per heavy atom. The molecule has 0 amide bonds. The molecular formula is C20H30ClIN6. The number of benzene rings is 1. The molecule has 154 valence electrons. The van der Waals surface area contributed by atoms with Crippen LogP contribution in [0.15, 0.2) is 41.7 Å². The lowest BCUT2D eigenvalue weighted by Crippen LogP contribution is -2.52. The Kier molecular flexibility index (Phi) is 9.37. The SMILES string of the molecule is CCNC(=NCCCc1cnn(C)c1)N1CCN(c2cccc(Cl)c2)CC1.I. The van der Waals surface area contributed by atoms with Crippen LogP contribution in [0.1, 0.15) is 18.9 Å². The summed E-state index contributed by atoms with van der Waals surface area (Å²) in [5, 5.41) is 8.45. The van der Waals surface area contributed by atoms with Crippen molar-refractivity contribution in [1.82, 2.24) is 20.0 Å². The first kappa shape index (κ1) is 22.8. The second kappa shape index (κ2) is 11.5. The summed E-state index contributed by atoms with van der Waals surface area (Å²) < 4.78 is 1.85. The maximum absolute atomic E-state index is 6.13. The fraction of sp³-hybridized carbons (Fsp3) is 0.500. The van der Waals surface area contributed by atoms with Gasteiger partial charge in [0.2, 0.25) is 0 Å². The summed E-state index contributed by atoms with van der Waals surface area (Å²) in [5.74, 6) is 1.02. The molecule has 0 atom stereocenters. The summed E-state index contributed by atoms with van der Waals surface area (Å²) in [4.78, 5) is 9.57. The van der Waals surface area contributed by atoms with E-state index in [-0.39, 0.29) is 24.0 Å². The number of piperazine rings is 1. The molecule has 1 aromatic carbocycles. The maximum Gasteiger partial charge on any atom is 0.194 e. The third-order valence-corrected chi connectivity index (χ3v) is 4.97. The lowest BCUT2D eigenvalue weighted by molar-refractivity contribution is 0.372. The maximum atomic E-state index is 6.13. The van der Waals surface area contributed by atoms with Crippen molar-refractivity contribution in [3.05, 3.63) is 47.2 Å². The van der Waals surface area contributed by atoms with Gasteiger partial charge in [-0.2, -0.15) is 5.10 Å². The van der Waals surface area contributed by atoms with Gasteiger partial charge >= 0.3 is 0 Å². The van der Waals surface area contributed by atoms with E-state index in [1.807, 2.05) is 36.1 Å². The number of aromatic nitrogens is 2. The molecule has 0 bridgehead atoms. The van der Waals surface area contributed by atoms with E-state index < -0.39 is 0 Å². The number of anilines is 1. The first-order chi connectivity index (χ1) is 13.2. The number of guanidine groups is 1. The molecule has 2 heterocycles. The average molecular weight is 517 g/mol. The van der Waals surface area contributed by atoms with Gasteiger partial charge in [-0.25, -0.2) is 0 Å². The molecule has 0 unspecified atom stereocenters. The number of halogens is 2. The second-order valence-electron chi connectivity index (χ2n) is 6.82. The van der Waals surface area contributed by atoms with Crippen LogP contribution in [0.25, 0.3) is 0 Å². The molecule has 0 radical (unpaired) electrons. The van der Waals surface area contributed by atoms with Crippen LogP contribution < -0.4 is 10.2 Å². The number of rotatable bonds is 6. The molecule has 28 heavy (non-hydrogen) atoms. The fourth-order valence-corrected chi connectivity index (χ4v) is 3.53. The van der Waals surface area contributed by atoms with Crippen LogP contribution in [0.4, 0.5) is 5.69 Å². The van der Waals surface area contributed by atoms with Gasteiger partial charge in [0.15, 0.2) is 5.96 Å². The molecule has 2 aromatic rings.